The van der Waals surface area contributed by atoms with Crippen LogP contribution < -0.4 is 19.1 Å². The molecular weight excluding hydrogens is 362 g/mol. The number of hydrogen-bond donors (Lipinski definition) is 1. The third-order valence-corrected chi connectivity index (χ3v) is 4.20. The van der Waals surface area contributed by atoms with Crippen molar-refractivity contribution in [1.29, 1.82) is 0 Å². The first-order valence-corrected chi connectivity index (χ1v) is 8.68. The van der Waals surface area contributed by atoms with Crippen molar-refractivity contribution in [2.24, 2.45) is 0 Å². The summed E-state index contributed by atoms with van der Waals surface area (Å²) in [5.41, 5.74) is 0.570. The van der Waals surface area contributed by atoms with Gasteiger partial charge in [0.2, 0.25) is 0 Å². The SMILES string of the molecule is COc1ccc(N2C(=O)C(O)=C(c3ccc(OC(C)C)cc3)C2=O)c(OC)c1. The number of benzene rings is 2. The second-order valence-electron chi connectivity index (χ2n) is 6.40. The van der Waals surface area contributed by atoms with Crippen molar-refractivity contribution in [2.45, 2.75) is 20.0 Å². The molecule has 1 N–H and O–H groups in total. The molecule has 146 valence electrons. The Morgan fingerprint density at radius 1 is 0.893 bits per heavy atom. The highest BCUT2D eigenvalue weighted by atomic mass is 16.5. The van der Waals surface area contributed by atoms with Crippen LogP contribution in [0.5, 0.6) is 17.2 Å². The summed E-state index contributed by atoms with van der Waals surface area (Å²) in [5, 5.41) is 10.4. The van der Waals surface area contributed by atoms with Gasteiger partial charge >= 0.3 is 5.91 Å². The zero-order valence-electron chi connectivity index (χ0n) is 16.1. The van der Waals surface area contributed by atoms with Crippen molar-refractivity contribution in [1.82, 2.24) is 0 Å². The van der Waals surface area contributed by atoms with E-state index in [-0.39, 0.29) is 23.1 Å². The molecule has 0 saturated carbocycles. The van der Waals surface area contributed by atoms with Crippen molar-refractivity contribution in [2.75, 3.05) is 19.1 Å². The van der Waals surface area contributed by atoms with E-state index in [4.69, 9.17) is 14.2 Å². The molecule has 3 rings (SSSR count). The molecule has 1 heterocycles. The molecule has 0 spiro atoms. The molecular formula is C21H21NO6. The van der Waals surface area contributed by atoms with Crippen LogP contribution in [0.1, 0.15) is 19.4 Å². The Bertz CT molecular complexity index is 946. The minimum absolute atomic E-state index is 0.00573. The lowest BCUT2D eigenvalue weighted by Gasteiger charge is -2.18. The van der Waals surface area contributed by atoms with Gasteiger partial charge in [0.15, 0.2) is 5.76 Å². The summed E-state index contributed by atoms with van der Waals surface area (Å²) in [6.07, 6.45) is 0.00573. The van der Waals surface area contributed by atoms with E-state index in [0.717, 1.165) is 4.90 Å². The predicted octanol–water partition coefficient (Wildman–Crippen LogP) is 3.33. The van der Waals surface area contributed by atoms with Gasteiger partial charge in [0.05, 0.1) is 31.6 Å². The Morgan fingerprint density at radius 2 is 1.54 bits per heavy atom. The van der Waals surface area contributed by atoms with Crippen molar-refractivity contribution < 1.29 is 28.9 Å². The molecule has 0 aliphatic carbocycles. The van der Waals surface area contributed by atoms with Crippen LogP contribution in [-0.4, -0.2) is 37.2 Å². The predicted molar refractivity (Wildman–Crippen MR) is 104 cm³/mol. The number of amides is 2. The van der Waals surface area contributed by atoms with Gasteiger partial charge in [0, 0.05) is 6.07 Å². The first-order valence-electron chi connectivity index (χ1n) is 8.68. The van der Waals surface area contributed by atoms with Gasteiger partial charge < -0.3 is 19.3 Å². The van der Waals surface area contributed by atoms with Crippen LogP contribution >= 0.6 is 0 Å². The lowest BCUT2D eigenvalue weighted by molar-refractivity contribution is -0.121. The van der Waals surface area contributed by atoms with Gasteiger partial charge in [-0.15, -0.1) is 0 Å². The number of imide groups is 1. The van der Waals surface area contributed by atoms with Crippen LogP contribution in [0, 0.1) is 0 Å². The van der Waals surface area contributed by atoms with Gasteiger partial charge in [-0.2, -0.15) is 0 Å². The van der Waals surface area contributed by atoms with Crippen LogP contribution in [0.4, 0.5) is 5.69 Å². The highest BCUT2D eigenvalue weighted by molar-refractivity contribution is 6.45. The number of aliphatic hydroxyl groups excluding tert-OH is 1. The lowest BCUT2D eigenvalue weighted by atomic mass is 10.1. The summed E-state index contributed by atoms with van der Waals surface area (Å²) < 4.78 is 16.0. The molecule has 0 fully saturated rings. The second-order valence-corrected chi connectivity index (χ2v) is 6.40. The third-order valence-electron chi connectivity index (χ3n) is 4.20. The number of nitrogens with zero attached hydrogens (tertiary/aromatic N) is 1. The number of methoxy groups -OCH3 is 2. The summed E-state index contributed by atoms with van der Waals surface area (Å²) >= 11 is 0. The molecule has 1 aliphatic heterocycles. The number of aliphatic hydroxyl groups is 1. The van der Waals surface area contributed by atoms with Crippen molar-refractivity contribution in [3.8, 4) is 17.2 Å². The maximum absolute atomic E-state index is 13.0. The van der Waals surface area contributed by atoms with E-state index >= 15 is 0 Å². The normalized spacial score (nSPS) is 14.1. The average molecular weight is 383 g/mol. The summed E-state index contributed by atoms with van der Waals surface area (Å²) in [5.74, 6) is -0.646. The molecule has 2 aromatic rings. The molecule has 0 atom stereocenters. The number of anilines is 1. The van der Waals surface area contributed by atoms with Crippen LogP contribution in [-0.2, 0) is 9.59 Å². The van der Waals surface area contributed by atoms with E-state index in [9.17, 15) is 14.7 Å². The van der Waals surface area contributed by atoms with Crippen molar-refractivity contribution in [3.05, 3.63) is 53.8 Å². The molecule has 7 heteroatoms. The van der Waals surface area contributed by atoms with E-state index in [2.05, 4.69) is 0 Å². The zero-order valence-corrected chi connectivity index (χ0v) is 16.1. The van der Waals surface area contributed by atoms with E-state index in [1.165, 1.54) is 20.3 Å². The van der Waals surface area contributed by atoms with Crippen LogP contribution in [0.2, 0.25) is 0 Å². The van der Waals surface area contributed by atoms with Gasteiger partial charge in [0.25, 0.3) is 5.91 Å². The Kier molecular flexibility index (Phi) is 5.26. The van der Waals surface area contributed by atoms with E-state index in [0.29, 0.717) is 17.1 Å². The average Bonchev–Trinajstić information content (AvgIpc) is 2.90. The lowest BCUT2D eigenvalue weighted by Crippen LogP contribution is -2.31. The smallest absolute Gasteiger partial charge is 0.301 e. The van der Waals surface area contributed by atoms with Crippen LogP contribution in [0.15, 0.2) is 48.2 Å². The first-order chi connectivity index (χ1) is 13.4. The molecule has 0 radical (unpaired) electrons. The summed E-state index contributed by atoms with van der Waals surface area (Å²) in [7, 11) is 2.92. The number of hydrogen-bond acceptors (Lipinski definition) is 6. The summed E-state index contributed by atoms with van der Waals surface area (Å²) in [6, 6.07) is 11.3. The molecule has 1 aliphatic rings. The maximum atomic E-state index is 13.0. The molecule has 7 nitrogen and oxygen atoms in total. The van der Waals surface area contributed by atoms with Gasteiger partial charge in [-0.1, -0.05) is 12.1 Å². The van der Waals surface area contributed by atoms with Gasteiger partial charge in [-0.25, -0.2) is 4.90 Å². The molecule has 28 heavy (non-hydrogen) atoms. The molecule has 0 bridgehead atoms. The van der Waals surface area contributed by atoms with Gasteiger partial charge in [-0.05, 0) is 43.7 Å². The highest BCUT2D eigenvalue weighted by Gasteiger charge is 2.41. The molecule has 2 aromatic carbocycles. The van der Waals surface area contributed by atoms with E-state index in [1.807, 2.05) is 13.8 Å². The summed E-state index contributed by atoms with van der Waals surface area (Å²) in [4.78, 5) is 26.5. The molecule has 2 amide bonds. The third kappa shape index (κ3) is 3.38. The molecule has 0 saturated heterocycles. The van der Waals surface area contributed by atoms with Crippen LogP contribution in [0.3, 0.4) is 0 Å². The summed E-state index contributed by atoms with van der Waals surface area (Å²) in [6.45, 7) is 3.81. The quantitative estimate of drug-likeness (QED) is 0.770. The fourth-order valence-electron chi connectivity index (χ4n) is 2.94. The maximum Gasteiger partial charge on any atom is 0.301 e. The number of ether oxygens (including phenoxy) is 3. The van der Waals surface area contributed by atoms with E-state index in [1.54, 1.807) is 36.4 Å². The standard InChI is InChI=1S/C21H21NO6/c1-12(2)28-14-7-5-13(6-8-14)18-19(23)21(25)22(20(18)24)16-10-9-15(26-3)11-17(16)27-4/h5-12,23H,1-4H3. The van der Waals surface area contributed by atoms with Crippen molar-refractivity contribution >= 4 is 23.1 Å². The fraction of sp³-hybridized carbons (Fsp3) is 0.238. The fourth-order valence-corrected chi connectivity index (χ4v) is 2.94. The molecule has 0 unspecified atom stereocenters. The topological polar surface area (TPSA) is 85.3 Å². The Hall–Kier alpha value is -3.48. The Labute approximate surface area is 162 Å². The van der Waals surface area contributed by atoms with Gasteiger partial charge in [-0.3, -0.25) is 9.59 Å². The van der Waals surface area contributed by atoms with E-state index < -0.39 is 17.6 Å². The number of carbonyl (C=O) groups excluding carboxylic acids is 2. The number of carbonyl (C=O) groups is 2. The molecule has 0 aromatic heterocycles. The number of rotatable bonds is 6. The van der Waals surface area contributed by atoms with Crippen LogP contribution in [0.25, 0.3) is 5.57 Å². The van der Waals surface area contributed by atoms with Crippen molar-refractivity contribution in [3.63, 3.8) is 0 Å². The van der Waals surface area contributed by atoms with Gasteiger partial charge in [0.1, 0.15) is 17.2 Å². The minimum atomic E-state index is -0.814. The minimum Gasteiger partial charge on any atom is -0.502 e. The Morgan fingerprint density at radius 3 is 2.11 bits per heavy atom. The zero-order chi connectivity index (χ0) is 20.4. The Balaban J connectivity index is 1.97. The largest absolute Gasteiger partial charge is 0.502 e. The second kappa shape index (κ2) is 7.64. The first kappa shape index (κ1) is 19.3. The monoisotopic (exact) mass is 383 g/mol. The highest BCUT2D eigenvalue weighted by Crippen LogP contribution is 2.38.